The minimum absolute atomic E-state index is 0.345. The van der Waals surface area contributed by atoms with Gasteiger partial charge >= 0.3 is 5.97 Å². The molecule has 0 saturated carbocycles. The van der Waals surface area contributed by atoms with Crippen LogP contribution in [0.2, 0.25) is 0 Å². The maximum atomic E-state index is 13.4. The van der Waals surface area contributed by atoms with Crippen LogP contribution >= 0.6 is 0 Å². The van der Waals surface area contributed by atoms with Crippen LogP contribution in [0.15, 0.2) is 18.2 Å². The lowest BCUT2D eigenvalue weighted by atomic mass is 9.98. The van der Waals surface area contributed by atoms with Gasteiger partial charge in [0, 0.05) is 19.2 Å². The summed E-state index contributed by atoms with van der Waals surface area (Å²) >= 11 is 0. The van der Waals surface area contributed by atoms with Crippen LogP contribution in [-0.2, 0) is 14.3 Å². The molecule has 1 unspecified atom stereocenters. The molecule has 0 fully saturated rings. The largest absolute Gasteiger partial charge is 0.467 e. The first kappa shape index (κ1) is 16.4. The van der Waals surface area contributed by atoms with Crippen molar-refractivity contribution in [1.82, 2.24) is 0 Å². The van der Waals surface area contributed by atoms with Crippen molar-refractivity contribution in [1.29, 1.82) is 0 Å². The number of esters is 1. The highest BCUT2D eigenvalue weighted by Crippen LogP contribution is 2.21. The molecule has 0 bridgehead atoms. The van der Waals surface area contributed by atoms with Crippen LogP contribution in [0.1, 0.15) is 25.8 Å². The summed E-state index contributed by atoms with van der Waals surface area (Å²) in [6, 6.07) is 3.95. The van der Waals surface area contributed by atoms with Crippen molar-refractivity contribution in [3.8, 4) is 0 Å². The van der Waals surface area contributed by atoms with Gasteiger partial charge in [-0.2, -0.15) is 0 Å². The molecular weight excluding hydrogens is 261 g/mol. The Morgan fingerprint density at radius 1 is 1.35 bits per heavy atom. The number of rotatable bonds is 6. The van der Waals surface area contributed by atoms with E-state index in [2.05, 4.69) is 5.32 Å². The number of methoxy groups -OCH3 is 2. The number of carbonyl (C=O) groups excluding carboxylic acids is 1. The van der Waals surface area contributed by atoms with Crippen LogP contribution in [-0.4, -0.2) is 31.8 Å². The summed E-state index contributed by atoms with van der Waals surface area (Å²) in [5, 5.41) is 3.01. The zero-order valence-electron chi connectivity index (χ0n) is 12.6. The number of ether oxygens (including phenoxy) is 2. The summed E-state index contributed by atoms with van der Waals surface area (Å²) in [5.74, 6) is -0.751. The smallest absolute Gasteiger partial charge is 0.328 e. The summed E-state index contributed by atoms with van der Waals surface area (Å²) in [7, 11) is 2.91. The molecule has 112 valence electrons. The van der Waals surface area contributed by atoms with Crippen molar-refractivity contribution >= 4 is 11.7 Å². The monoisotopic (exact) mass is 283 g/mol. The van der Waals surface area contributed by atoms with E-state index in [4.69, 9.17) is 9.47 Å². The molecule has 0 aromatic heterocycles. The molecule has 0 aliphatic rings. The summed E-state index contributed by atoms with van der Waals surface area (Å²) in [5.41, 5.74) is 0.834. The normalized spacial score (nSPS) is 12.9. The van der Waals surface area contributed by atoms with E-state index in [1.165, 1.54) is 19.2 Å². The van der Waals surface area contributed by atoms with Crippen molar-refractivity contribution in [2.24, 2.45) is 0 Å². The van der Waals surface area contributed by atoms with E-state index in [0.29, 0.717) is 12.1 Å². The lowest BCUT2D eigenvalue weighted by molar-refractivity contribution is -0.143. The third-order valence-corrected chi connectivity index (χ3v) is 3.12. The fourth-order valence-electron chi connectivity index (χ4n) is 1.93. The Morgan fingerprint density at radius 2 is 2.00 bits per heavy atom. The molecule has 0 aliphatic heterocycles. The predicted octanol–water partition coefficient (Wildman–Crippen LogP) is 2.90. The van der Waals surface area contributed by atoms with Gasteiger partial charge in [0.1, 0.15) is 11.9 Å². The highest BCUT2D eigenvalue weighted by molar-refractivity contribution is 5.79. The van der Waals surface area contributed by atoms with E-state index >= 15 is 0 Å². The SMILES string of the molecule is COC(=O)C(CC(C)(C)OC)Nc1cc(C)cc(F)c1. The van der Waals surface area contributed by atoms with Gasteiger partial charge in [-0.05, 0) is 44.5 Å². The second-order valence-corrected chi connectivity index (χ2v) is 5.41. The number of carbonyl (C=O) groups is 1. The molecule has 1 atom stereocenters. The first-order valence-electron chi connectivity index (χ1n) is 6.44. The number of aryl methyl sites for hydroxylation is 1. The minimum atomic E-state index is -0.601. The first-order valence-corrected chi connectivity index (χ1v) is 6.44. The number of nitrogens with one attached hydrogen (secondary N) is 1. The minimum Gasteiger partial charge on any atom is -0.467 e. The van der Waals surface area contributed by atoms with Gasteiger partial charge in [0.25, 0.3) is 0 Å². The van der Waals surface area contributed by atoms with Crippen molar-refractivity contribution in [3.63, 3.8) is 0 Å². The molecule has 0 spiro atoms. The third kappa shape index (κ3) is 4.81. The number of hydrogen-bond acceptors (Lipinski definition) is 4. The van der Waals surface area contributed by atoms with Gasteiger partial charge in [0.15, 0.2) is 0 Å². The van der Waals surface area contributed by atoms with Crippen LogP contribution in [0.4, 0.5) is 10.1 Å². The summed E-state index contributed by atoms with van der Waals surface area (Å²) < 4.78 is 23.5. The highest BCUT2D eigenvalue weighted by atomic mass is 19.1. The maximum Gasteiger partial charge on any atom is 0.328 e. The molecule has 1 rings (SSSR count). The molecule has 0 aliphatic carbocycles. The van der Waals surface area contributed by atoms with Crippen LogP contribution in [0, 0.1) is 12.7 Å². The molecular formula is C15H22FNO3. The van der Waals surface area contributed by atoms with Gasteiger partial charge in [-0.1, -0.05) is 0 Å². The molecule has 4 nitrogen and oxygen atoms in total. The predicted molar refractivity (Wildman–Crippen MR) is 76.3 cm³/mol. The fourth-order valence-corrected chi connectivity index (χ4v) is 1.93. The van der Waals surface area contributed by atoms with E-state index in [-0.39, 0.29) is 5.82 Å². The lowest BCUT2D eigenvalue weighted by Gasteiger charge is -2.28. The van der Waals surface area contributed by atoms with Gasteiger partial charge in [0.2, 0.25) is 0 Å². The fraction of sp³-hybridized carbons (Fsp3) is 0.533. The number of benzene rings is 1. The molecule has 0 amide bonds. The van der Waals surface area contributed by atoms with Crippen LogP contribution < -0.4 is 5.32 Å². The van der Waals surface area contributed by atoms with Crippen LogP contribution in [0.5, 0.6) is 0 Å². The molecule has 5 heteroatoms. The second kappa shape index (κ2) is 6.70. The average molecular weight is 283 g/mol. The average Bonchev–Trinajstić information content (AvgIpc) is 2.35. The molecule has 0 heterocycles. The molecule has 1 N–H and O–H groups in total. The summed E-state index contributed by atoms with van der Waals surface area (Å²) in [6.45, 7) is 5.55. The molecule has 1 aromatic rings. The second-order valence-electron chi connectivity index (χ2n) is 5.41. The van der Waals surface area contributed by atoms with E-state index < -0.39 is 17.6 Å². The highest BCUT2D eigenvalue weighted by Gasteiger charge is 2.28. The van der Waals surface area contributed by atoms with Crippen molar-refractivity contribution in [2.45, 2.75) is 38.8 Å². The lowest BCUT2D eigenvalue weighted by Crippen LogP contribution is -2.39. The van der Waals surface area contributed by atoms with Crippen LogP contribution in [0.3, 0.4) is 0 Å². The van der Waals surface area contributed by atoms with Gasteiger partial charge in [-0.3, -0.25) is 0 Å². The van der Waals surface area contributed by atoms with Gasteiger partial charge in [0.05, 0.1) is 12.7 Å². The van der Waals surface area contributed by atoms with E-state index in [9.17, 15) is 9.18 Å². The Kier molecular flexibility index (Phi) is 5.51. The zero-order valence-corrected chi connectivity index (χ0v) is 12.6. The number of hydrogen-bond donors (Lipinski definition) is 1. The number of halogens is 1. The summed E-state index contributed by atoms with van der Waals surface area (Å²) in [6.07, 6.45) is 0.408. The molecule has 1 aromatic carbocycles. The van der Waals surface area contributed by atoms with Gasteiger partial charge in [-0.15, -0.1) is 0 Å². The topological polar surface area (TPSA) is 47.6 Å². The Morgan fingerprint density at radius 3 is 2.50 bits per heavy atom. The maximum absolute atomic E-state index is 13.4. The molecule has 0 radical (unpaired) electrons. The first-order chi connectivity index (χ1) is 9.27. The third-order valence-electron chi connectivity index (χ3n) is 3.12. The molecule has 20 heavy (non-hydrogen) atoms. The molecule has 0 saturated heterocycles. The van der Waals surface area contributed by atoms with Gasteiger partial charge in [-0.25, -0.2) is 9.18 Å². The summed E-state index contributed by atoms with van der Waals surface area (Å²) in [4.78, 5) is 11.8. The quantitative estimate of drug-likeness (QED) is 0.815. The van der Waals surface area contributed by atoms with Gasteiger partial charge < -0.3 is 14.8 Å². The van der Waals surface area contributed by atoms with Crippen molar-refractivity contribution < 1.29 is 18.7 Å². The van der Waals surface area contributed by atoms with Crippen molar-refractivity contribution in [3.05, 3.63) is 29.6 Å². The number of anilines is 1. The zero-order chi connectivity index (χ0) is 15.3. The Bertz CT molecular complexity index is 454. The Balaban J connectivity index is 2.92. The van der Waals surface area contributed by atoms with Crippen LogP contribution in [0.25, 0.3) is 0 Å². The van der Waals surface area contributed by atoms with E-state index in [1.54, 1.807) is 20.1 Å². The standard InChI is InChI=1S/C15H22FNO3/c1-10-6-11(16)8-12(7-10)17-13(14(18)19-4)9-15(2,3)20-5/h6-8,13,17H,9H2,1-5H3. The van der Waals surface area contributed by atoms with E-state index in [1.807, 2.05) is 13.8 Å². The Hall–Kier alpha value is -1.62. The Labute approximate surface area is 119 Å². The van der Waals surface area contributed by atoms with E-state index in [0.717, 1.165) is 5.56 Å². The van der Waals surface area contributed by atoms with Crippen molar-refractivity contribution in [2.75, 3.05) is 19.5 Å².